The fourth-order valence-electron chi connectivity index (χ4n) is 2.07. The lowest BCUT2D eigenvalue weighted by Gasteiger charge is -2.26. The van der Waals surface area contributed by atoms with Gasteiger partial charge in [0, 0.05) is 19.7 Å². The lowest BCUT2D eigenvalue weighted by atomic mass is 10.2. The van der Waals surface area contributed by atoms with Crippen LogP contribution in [0.25, 0.3) is 0 Å². The average molecular weight is 200 g/mol. The molecule has 1 rings (SSSR count). The number of ether oxygens (including phenoxy) is 1. The summed E-state index contributed by atoms with van der Waals surface area (Å²) in [5.74, 6) is -0.243. The van der Waals surface area contributed by atoms with Crippen LogP contribution >= 0.6 is 0 Å². The average Bonchev–Trinajstić information content (AvgIpc) is 2.64. The number of rotatable bonds is 6. The SMILES string of the molecule is COCCN(CC(N)=O)C1CCCC1. The lowest BCUT2D eigenvalue weighted by molar-refractivity contribution is -0.119. The summed E-state index contributed by atoms with van der Waals surface area (Å²) in [6.07, 6.45) is 4.92. The molecule has 0 saturated heterocycles. The van der Waals surface area contributed by atoms with Crippen LogP contribution in [0.4, 0.5) is 0 Å². The maximum absolute atomic E-state index is 10.9. The second-order valence-corrected chi connectivity index (χ2v) is 3.87. The Balaban J connectivity index is 2.37. The van der Waals surface area contributed by atoms with E-state index in [9.17, 15) is 4.79 Å². The van der Waals surface area contributed by atoms with Gasteiger partial charge < -0.3 is 10.5 Å². The fraction of sp³-hybridized carbons (Fsp3) is 0.900. The van der Waals surface area contributed by atoms with E-state index in [2.05, 4.69) is 4.90 Å². The van der Waals surface area contributed by atoms with Gasteiger partial charge in [0.15, 0.2) is 0 Å². The third-order valence-electron chi connectivity index (χ3n) is 2.78. The molecular formula is C10H20N2O2. The van der Waals surface area contributed by atoms with Crippen molar-refractivity contribution >= 4 is 5.91 Å². The molecule has 14 heavy (non-hydrogen) atoms. The Bertz CT molecular complexity index is 179. The van der Waals surface area contributed by atoms with Gasteiger partial charge in [0.05, 0.1) is 13.2 Å². The van der Waals surface area contributed by atoms with Crippen LogP contribution in [0.1, 0.15) is 25.7 Å². The van der Waals surface area contributed by atoms with Crippen LogP contribution in [-0.4, -0.2) is 43.7 Å². The van der Waals surface area contributed by atoms with E-state index in [-0.39, 0.29) is 5.91 Å². The zero-order valence-corrected chi connectivity index (χ0v) is 8.87. The van der Waals surface area contributed by atoms with Crippen molar-refractivity contribution in [2.75, 3.05) is 26.8 Å². The van der Waals surface area contributed by atoms with Gasteiger partial charge in [-0.3, -0.25) is 9.69 Å². The van der Waals surface area contributed by atoms with Gasteiger partial charge in [-0.15, -0.1) is 0 Å². The van der Waals surface area contributed by atoms with Gasteiger partial charge in [-0.05, 0) is 12.8 Å². The minimum Gasteiger partial charge on any atom is -0.383 e. The van der Waals surface area contributed by atoms with Gasteiger partial charge >= 0.3 is 0 Å². The van der Waals surface area contributed by atoms with Crippen LogP contribution in [0.15, 0.2) is 0 Å². The molecule has 2 N–H and O–H groups in total. The van der Waals surface area contributed by atoms with Crippen molar-refractivity contribution in [3.05, 3.63) is 0 Å². The van der Waals surface area contributed by atoms with Crippen LogP contribution in [0.2, 0.25) is 0 Å². The highest BCUT2D eigenvalue weighted by atomic mass is 16.5. The first-order chi connectivity index (χ1) is 6.74. The summed E-state index contributed by atoms with van der Waals surface area (Å²) >= 11 is 0. The largest absolute Gasteiger partial charge is 0.383 e. The molecule has 1 aliphatic carbocycles. The molecule has 1 fully saturated rings. The van der Waals surface area contributed by atoms with Crippen molar-refractivity contribution in [1.82, 2.24) is 4.90 Å². The van der Waals surface area contributed by atoms with Crippen LogP contribution in [-0.2, 0) is 9.53 Å². The number of primary amides is 1. The number of nitrogens with zero attached hydrogens (tertiary/aromatic N) is 1. The third kappa shape index (κ3) is 3.64. The van der Waals surface area contributed by atoms with Gasteiger partial charge in [-0.25, -0.2) is 0 Å². The Morgan fingerprint density at radius 3 is 2.64 bits per heavy atom. The van der Waals surface area contributed by atoms with E-state index in [0.29, 0.717) is 19.2 Å². The first kappa shape index (κ1) is 11.5. The molecule has 4 nitrogen and oxygen atoms in total. The summed E-state index contributed by atoms with van der Waals surface area (Å²) in [5.41, 5.74) is 5.21. The smallest absolute Gasteiger partial charge is 0.231 e. The summed E-state index contributed by atoms with van der Waals surface area (Å²) < 4.78 is 5.02. The molecule has 0 radical (unpaired) electrons. The predicted molar refractivity (Wildman–Crippen MR) is 54.9 cm³/mol. The molecule has 82 valence electrons. The van der Waals surface area contributed by atoms with Gasteiger partial charge in [-0.2, -0.15) is 0 Å². The topological polar surface area (TPSA) is 55.6 Å². The standard InChI is InChI=1S/C10H20N2O2/c1-14-7-6-12(8-10(11)13)9-4-2-3-5-9/h9H,2-8H2,1H3,(H2,11,13). The molecule has 4 heteroatoms. The molecule has 1 saturated carbocycles. The van der Waals surface area contributed by atoms with Gasteiger partial charge in [0.1, 0.15) is 0 Å². The van der Waals surface area contributed by atoms with Crippen molar-refractivity contribution in [2.24, 2.45) is 5.73 Å². The van der Waals surface area contributed by atoms with Crippen LogP contribution < -0.4 is 5.73 Å². The highest BCUT2D eigenvalue weighted by Gasteiger charge is 2.23. The van der Waals surface area contributed by atoms with E-state index in [4.69, 9.17) is 10.5 Å². The Morgan fingerprint density at radius 1 is 1.50 bits per heavy atom. The van der Waals surface area contributed by atoms with Crippen LogP contribution in [0.3, 0.4) is 0 Å². The summed E-state index contributed by atoms with van der Waals surface area (Å²) in [7, 11) is 1.68. The molecule has 0 heterocycles. The number of hydrogen-bond donors (Lipinski definition) is 1. The molecular weight excluding hydrogens is 180 g/mol. The monoisotopic (exact) mass is 200 g/mol. The molecule has 0 spiro atoms. The van der Waals surface area contributed by atoms with Crippen molar-refractivity contribution < 1.29 is 9.53 Å². The van der Waals surface area contributed by atoms with E-state index < -0.39 is 0 Å². The second-order valence-electron chi connectivity index (χ2n) is 3.87. The quantitative estimate of drug-likeness (QED) is 0.673. The number of carbonyl (C=O) groups is 1. The van der Waals surface area contributed by atoms with E-state index in [1.54, 1.807) is 7.11 Å². The normalized spacial score (nSPS) is 17.9. The minimum atomic E-state index is -0.243. The van der Waals surface area contributed by atoms with Crippen molar-refractivity contribution in [1.29, 1.82) is 0 Å². The fourth-order valence-corrected chi connectivity index (χ4v) is 2.07. The Kier molecular flexibility index (Phi) is 4.90. The highest BCUT2D eigenvalue weighted by Crippen LogP contribution is 2.22. The number of methoxy groups -OCH3 is 1. The molecule has 0 aromatic carbocycles. The third-order valence-corrected chi connectivity index (χ3v) is 2.78. The highest BCUT2D eigenvalue weighted by molar-refractivity contribution is 5.75. The van der Waals surface area contributed by atoms with Gasteiger partial charge in [-0.1, -0.05) is 12.8 Å². The van der Waals surface area contributed by atoms with Crippen LogP contribution in [0.5, 0.6) is 0 Å². The van der Waals surface area contributed by atoms with E-state index >= 15 is 0 Å². The first-order valence-corrected chi connectivity index (χ1v) is 5.25. The number of nitrogens with two attached hydrogens (primary N) is 1. The van der Waals surface area contributed by atoms with Crippen molar-refractivity contribution in [2.45, 2.75) is 31.7 Å². The summed E-state index contributed by atoms with van der Waals surface area (Å²) in [6, 6.07) is 0.539. The summed E-state index contributed by atoms with van der Waals surface area (Å²) in [6.45, 7) is 1.85. The summed E-state index contributed by atoms with van der Waals surface area (Å²) in [5, 5.41) is 0. The molecule has 0 aromatic rings. The molecule has 0 aromatic heterocycles. The maximum atomic E-state index is 10.9. The lowest BCUT2D eigenvalue weighted by Crippen LogP contribution is -2.41. The predicted octanol–water partition coefficient (Wildman–Crippen LogP) is 0.363. The Morgan fingerprint density at radius 2 is 2.14 bits per heavy atom. The van der Waals surface area contributed by atoms with Gasteiger partial charge in [0.2, 0.25) is 5.91 Å². The zero-order chi connectivity index (χ0) is 10.4. The molecule has 1 amide bonds. The Hall–Kier alpha value is -0.610. The Labute approximate surface area is 85.4 Å². The molecule has 0 atom stereocenters. The maximum Gasteiger partial charge on any atom is 0.231 e. The second kappa shape index (κ2) is 5.98. The van der Waals surface area contributed by atoms with Crippen molar-refractivity contribution in [3.8, 4) is 0 Å². The van der Waals surface area contributed by atoms with Crippen molar-refractivity contribution in [3.63, 3.8) is 0 Å². The molecule has 1 aliphatic rings. The first-order valence-electron chi connectivity index (χ1n) is 5.25. The molecule has 0 bridgehead atoms. The number of amides is 1. The summed E-state index contributed by atoms with van der Waals surface area (Å²) in [4.78, 5) is 13.0. The van der Waals surface area contributed by atoms with E-state index in [1.807, 2.05) is 0 Å². The van der Waals surface area contributed by atoms with Gasteiger partial charge in [0.25, 0.3) is 0 Å². The van der Waals surface area contributed by atoms with E-state index in [1.165, 1.54) is 25.7 Å². The molecule has 0 unspecified atom stereocenters. The number of hydrogen-bond acceptors (Lipinski definition) is 3. The number of carbonyl (C=O) groups excluding carboxylic acids is 1. The minimum absolute atomic E-state index is 0.243. The van der Waals surface area contributed by atoms with E-state index in [0.717, 1.165) is 6.54 Å². The molecule has 0 aliphatic heterocycles. The van der Waals surface area contributed by atoms with Crippen LogP contribution in [0, 0.1) is 0 Å². The zero-order valence-electron chi connectivity index (χ0n) is 8.87.